The number of ether oxygens (including phenoxy) is 2. The van der Waals surface area contributed by atoms with Gasteiger partial charge in [0, 0.05) is 11.8 Å². The number of rotatable bonds is 4. The minimum Gasteiger partial charge on any atom is -0.459 e. The smallest absolute Gasteiger partial charge is 0.341 e. The Morgan fingerprint density at radius 1 is 1.03 bits per heavy atom. The predicted molar refractivity (Wildman–Crippen MR) is 126 cm³/mol. The summed E-state index contributed by atoms with van der Waals surface area (Å²) in [6, 6.07) is 5.76. The Kier molecular flexibility index (Phi) is 6.64. The molecule has 0 bridgehead atoms. The van der Waals surface area contributed by atoms with E-state index in [0.29, 0.717) is 22.3 Å². The number of nitrogens with two attached hydrogens (primary N) is 1. The van der Waals surface area contributed by atoms with Crippen LogP contribution in [0.1, 0.15) is 63.9 Å². The Morgan fingerprint density at radius 3 is 2.26 bits per heavy atom. The van der Waals surface area contributed by atoms with E-state index in [4.69, 9.17) is 15.2 Å². The van der Waals surface area contributed by atoms with E-state index in [1.165, 1.54) is 24.4 Å². The lowest BCUT2D eigenvalue weighted by molar-refractivity contribution is -0.160. The molecule has 0 amide bonds. The third-order valence-electron chi connectivity index (χ3n) is 4.96. The van der Waals surface area contributed by atoms with Gasteiger partial charge in [-0.3, -0.25) is 9.59 Å². The van der Waals surface area contributed by atoms with Crippen LogP contribution in [0.3, 0.4) is 0 Å². The molecule has 1 heterocycles. The van der Waals surface area contributed by atoms with Gasteiger partial charge in [0.2, 0.25) is 0 Å². The molecule has 2 aromatic rings. The maximum Gasteiger partial charge on any atom is 0.341 e. The van der Waals surface area contributed by atoms with Gasteiger partial charge in [-0.1, -0.05) is 6.07 Å². The lowest BCUT2D eigenvalue weighted by Gasteiger charge is -2.21. The van der Waals surface area contributed by atoms with Gasteiger partial charge in [-0.2, -0.15) is 0 Å². The van der Waals surface area contributed by atoms with Crippen LogP contribution in [0.15, 0.2) is 36.5 Å². The number of carbonyl (C=O) groups is 3. The third kappa shape index (κ3) is 5.87. The number of ketones is 1. The number of nitrogen functional groups attached to an aromatic ring is 1. The van der Waals surface area contributed by atoms with Gasteiger partial charge < -0.3 is 15.2 Å². The molecule has 1 aliphatic rings. The van der Waals surface area contributed by atoms with E-state index < -0.39 is 34.9 Å². The van der Waals surface area contributed by atoms with Crippen LogP contribution in [0.25, 0.3) is 16.7 Å². The first kappa shape index (κ1) is 25.1. The number of pyridine rings is 1. The van der Waals surface area contributed by atoms with Gasteiger partial charge in [0.05, 0.1) is 5.56 Å². The second kappa shape index (κ2) is 9.00. The van der Waals surface area contributed by atoms with Crippen LogP contribution < -0.4 is 5.73 Å². The van der Waals surface area contributed by atoms with Crippen LogP contribution in [0.4, 0.5) is 10.2 Å². The van der Waals surface area contributed by atoms with E-state index in [9.17, 15) is 18.8 Å². The van der Waals surface area contributed by atoms with E-state index in [1.54, 1.807) is 53.7 Å². The molecule has 34 heavy (non-hydrogen) atoms. The van der Waals surface area contributed by atoms with Crippen LogP contribution >= 0.6 is 0 Å². The summed E-state index contributed by atoms with van der Waals surface area (Å²) in [6.07, 6.45) is 3.07. The van der Waals surface area contributed by atoms with E-state index >= 15 is 0 Å². The summed E-state index contributed by atoms with van der Waals surface area (Å²) < 4.78 is 25.3. The largest absolute Gasteiger partial charge is 0.459 e. The van der Waals surface area contributed by atoms with Gasteiger partial charge >= 0.3 is 11.9 Å². The maximum atomic E-state index is 14.8. The zero-order valence-electron chi connectivity index (χ0n) is 20.2. The summed E-state index contributed by atoms with van der Waals surface area (Å²) in [5.41, 5.74) is 6.42. The van der Waals surface area contributed by atoms with Crippen molar-refractivity contribution in [3.63, 3.8) is 0 Å². The first-order valence-corrected chi connectivity index (χ1v) is 10.9. The normalized spacial score (nSPS) is 16.3. The van der Waals surface area contributed by atoms with E-state index in [-0.39, 0.29) is 23.6 Å². The number of aromatic nitrogens is 1. The minimum absolute atomic E-state index is 0.154. The molecule has 0 aliphatic heterocycles. The van der Waals surface area contributed by atoms with E-state index in [2.05, 4.69) is 4.98 Å². The quantitative estimate of drug-likeness (QED) is 0.510. The molecular formula is C26H29FN2O5. The Hall–Kier alpha value is -3.55. The van der Waals surface area contributed by atoms with Crippen molar-refractivity contribution in [3.05, 3.63) is 53.5 Å². The Labute approximate surface area is 198 Å². The number of carbonyl (C=O) groups excluding carboxylic acids is 3. The first-order valence-electron chi connectivity index (χ1n) is 10.9. The lowest BCUT2D eigenvalue weighted by Crippen LogP contribution is -2.30. The molecule has 0 fully saturated rings. The maximum absolute atomic E-state index is 14.8. The number of esters is 2. The van der Waals surface area contributed by atoms with Gasteiger partial charge in [0.15, 0.2) is 5.78 Å². The van der Waals surface area contributed by atoms with Crippen LogP contribution in [0.5, 0.6) is 0 Å². The predicted octanol–water partition coefficient (Wildman–Crippen LogP) is 4.74. The number of benzene rings is 1. The van der Waals surface area contributed by atoms with Crippen molar-refractivity contribution >= 4 is 29.1 Å². The Morgan fingerprint density at radius 2 is 1.68 bits per heavy atom. The molecule has 3 rings (SSSR count). The van der Waals surface area contributed by atoms with Crippen molar-refractivity contribution < 1.29 is 28.2 Å². The lowest BCUT2D eigenvalue weighted by atomic mass is 9.97. The van der Waals surface area contributed by atoms with Gasteiger partial charge in [0.1, 0.15) is 28.8 Å². The molecule has 180 valence electrons. The second-order valence-corrected chi connectivity index (χ2v) is 10.2. The number of hydrogen-bond donors (Lipinski definition) is 1. The van der Waals surface area contributed by atoms with E-state index in [0.717, 1.165) is 0 Å². The zero-order chi connectivity index (χ0) is 25.4. The number of halogens is 1. The molecule has 1 aliphatic carbocycles. The summed E-state index contributed by atoms with van der Waals surface area (Å²) in [4.78, 5) is 41.3. The number of hydrogen-bond acceptors (Lipinski definition) is 7. The molecule has 8 heteroatoms. The van der Waals surface area contributed by atoms with Gasteiger partial charge in [-0.15, -0.1) is 0 Å². The summed E-state index contributed by atoms with van der Waals surface area (Å²) in [5.74, 6) is -3.19. The molecule has 2 N–H and O–H groups in total. The zero-order valence-corrected chi connectivity index (χ0v) is 20.2. The first-order chi connectivity index (χ1) is 15.6. The van der Waals surface area contributed by atoms with Crippen molar-refractivity contribution in [2.24, 2.45) is 5.92 Å². The Bertz CT molecular complexity index is 1190. The van der Waals surface area contributed by atoms with Gasteiger partial charge in [-0.25, -0.2) is 14.2 Å². The third-order valence-corrected chi connectivity index (χ3v) is 4.96. The van der Waals surface area contributed by atoms with Crippen molar-refractivity contribution in [3.8, 4) is 11.1 Å². The monoisotopic (exact) mass is 468 g/mol. The fourth-order valence-corrected chi connectivity index (χ4v) is 3.49. The average molecular weight is 469 g/mol. The molecular weight excluding hydrogens is 439 g/mol. The fourth-order valence-electron chi connectivity index (χ4n) is 3.49. The SMILES string of the molecule is CC(C)(C)OC(=O)c1ccc(-c2cc(C3=CC(=O)C(C(=O)OC(C)(C)C)C3)cnc2N)cc1F. The Balaban J connectivity index is 1.87. The fraction of sp³-hybridized carbons (Fsp3) is 0.385. The van der Waals surface area contributed by atoms with Crippen molar-refractivity contribution in [2.45, 2.75) is 59.2 Å². The topological polar surface area (TPSA) is 109 Å². The standard InChI is InChI=1S/C26H29FN2O5/c1-25(2,3)33-23(31)17-8-7-14(11-20(17)27)18-10-16(13-29-22(18)28)15-9-19(21(30)12-15)24(32)34-26(4,5)6/h7-8,10-13,19H,9H2,1-6H3,(H2,28,29). The summed E-state index contributed by atoms with van der Waals surface area (Å²) in [6.45, 7) is 10.3. The summed E-state index contributed by atoms with van der Waals surface area (Å²) >= 11 is 0. The summed E-state index contributed by atoms with van der Waals surface area (Å²) in [5, 5.41) is 0. The molecule has 0 saturated carbocycles. The molecule has 0 radical (unpaired) electrons. The molecule has 1 aromatic heterocycles. The molecule has 1 unspecified atom stereocenters. The average Bonchev–Trinajstić information content (AvgIpc) is 3.07. The molecule has 0 spiro atoms. The van der Waals surface area contributed by atoms with Crippen LogP contribution in [0, 0.1) is 11.7 Å². The van der Waals surface area contributed by atoms with Crippen LogP contribution in [0.2, 0.25) is 0 Å². The highest BCUT2D eigenvalue weighted by Crippen LogP contribution is 2.35. The molecule has 0 saturated heterocycles. The highest BCUT2D eigenvalue weighted by Gasteiger charge is 2.35. The highest BCUT2D eigenvalue weighted by atomic mass is 19.1. The summed E-state index contributed by atoms with van der Waals surface area (Å²) in [7, 11) is 0. The van der Waals surface area contributed by atoms with Crippen molar-refractivity contribution in [2.75, 3.05) is 5.73 Å². The molecule has 1 aromatic carbocycles. The van der Waals surface area contributed by atoms with E-state index in [1.807, 2.05) is 0 Å². The van der Waals surface area contributed by atoms with Crippen LogP contribution in [-0.4, -0.2) is 33.9 Å². The van der Waals surface area contributed by atoms with Gasteiger partial charge in [-0.05, 0) is 88.9 Å². The molecule has 7 nitrogen and oxygen atoms in total. The van der Waals surface area contributed by atoms with Crippen molar-refractivity contribution in [1.82, 2.24) is 4.98 Å². The highest BCUT2D eigenvalue weighted by molar-refractivity contribution is 6.13. The molecule has 1 atom stereocenters. The van der Waals surface area contributed by atoms with Crippen LogP contribution in [-0.2, 0) is 19.1 Å². The van der Waals surface area contributed by atoms with Gasteiger partial charge in [0.25, 0.3) is 0 Å². The number of allylic oxidation sites excluding steroid dienone is 2. The number of anilines is 1. The second-order valence-electron chi connectivity index (χ2n) is 10.2. The van der Waals surface area contributed by atoms with Crippen molar-refractivity contribution in [1.29, 1.82) is 0 Å². The minimum atomic E-state index is -0.916. The number of nitrogens with zero attached hydrogens (tertiary/aromatic N) is 1.